The maximum atomic E-state index is 13.2. The van der Waals surface area contributed by atoms with E-state index in [2.05, 4.69) is 55.5 Å². The highest BCUT2D eigenvalue weighted by Gasteiger charge is 2.06. The van der Waals surface area contributed by atoms with Gasteiger partial charge in [0.2, 0.25) is 0 Å². The molecule has 0 saturated heterocycles. The molecule has 0 fully saturated rings. The lowest BCUT2D eigenvalue weighted by molar-refractivity contribution is 0.402. The van der Waals surface area contributed by atoms with Gasteiger partial charge in [0.05, 0.1) is 0 Å². The van der Waals surface area contributed by atoms with E-state index in [0.717, 1.165) is 18.7 Å². The number of hydrogen-bond donors (Lipinski definition) is 1. The minimum absolute atomic E-state index is 0.123. The molecular weight excluding hydrogens is 263 g/mol. The van der Waals surface area contributed by atoms with Crippen LogP contribution in [0.4, 0.5) is 4.39 Å². The van der Waals surface area contributed by atoms with Gasteiger partial charge in [-0.15, -0.1) is 0 Å². The third-order valence-corrected chi connectivity index (χ3v) is 3.45. The average Bonchev–Trinajstić information content (AvgIpc) is 2.44. The van der Waals surface area contributed by atoms with E-state index in [4.69, 9.17) is 0 Å². The summed E-state index contributed by atoms with van der Waals surface area (Å²) in [5, 5.41) is 3.44. The van der Waals surface area contributed by atoms with Crippen LogP contribution in [0.3, 0.4) is 0 Å². The number of halogens is 1. The van der Waals surface area contributed by atoms with Crippen molar-refractivity contribution in [2.45, 2.75) is 26.1 Å². The third kappa shape index (κ3) is 4.96. The predicted molar refractivity (Wildman–Crippen MR) is 85.5 cm³/mol. The first-order chi connectivity index (χ1) is 10.0. The summed E-state index contributed by atoms with van der Waals surface area (Å²) in [6.45, 7) is 3.77. The largest absolute Gasteiger partial charge is 0.306 e. The lowest BCUT2D eigenvalue weighted by Gasteiger charge is -2.15. The van der Waals surface area contributed by atoms with Crippen molar-refractivity contribution in [2.24, 2.45) is 0 Å². The lowest BCUT2D eigenvalue weighted by atomic mass is 10.1. The fourth-order valence-electron chi connectivity index (χ4n) is 2.37. The van der Waals surface area contributed by atoms with E-state index in [1.807, 2.05) is 6.07 Å². The molecule has 0 aliphatic heterocycles. The molecule has 0 unspecified atom stereocenters. The summed E-state index contributed by atoms with van der Waals surface area (Å²) in [6, 6.07) is 15.4. The van der Waals surface area contributed by atoms with Crippen LogP contribution in [0.5, 0.6) is 0 Å². The molecule has 0 spiro atoms. The van der Waals surface area contributed by atoms with Gasteiger partial charge in [-0.05, 0) is 49.8 Å². The van der Waals surface area contributed by atoms with Gasteiger partial charge in [0.25, 0.3) is 0 Å². The first-order valence-corrected chi connectivity index (χ1v) is 7.26. The van der Waals surface area contributed by atoms with Crippen LogP contribution in [0.25, 0.3) is 0 Å². The summed E-state index contributed by atoms with van der Waals surface area (Å²) in [4.78, 5) is 2.15. The molecule has 112 valence electrons. The standard InChI is InChI=1S/C18H23FN2/c1-14(17-8-5-9-18(19)11-17)20-12-15-6-4-7-16(10-15)13-21(2)3/h4-11,14,20H,12-13H2,1-3H3/t14-/m0/s1. The van der Waals surface area contributed by atoms with Crippen molar-refractivity contribution in [3.8, 4) is 0 Å². The highest BCUT2D eigenvalue weighted by atomic mass is 19.1. The van der Waals surface area contributed by atoms with Crippen LogP contribution in [0, 0.1) is 5.82 Å². The quantitative estimate of drug-likeness (QED) is 0.870. The van der Waals surface area contributed by atoms with E-state index >= 15 is 0 Å². The normalized spacial score (nSPS) is 12.6. The number of nitrogens with one attached hydrogen (secondary N) is 1. The molecular formula is C18H23FN2. The Morgan fingerprint density at radius 3 is 2.48 bits per heavy atom. The van der Waals surface area contributed by atoms with Gasteiger partial charge in [0.15, 0.2) is 0 Å². The molecule has 0 saturated carbocycles. The SMILES string of the molecule is C[C@H](NCc1cccc(CN(C)C)c1)c1cccc(F)c1. The molecule has 0 aromatic heterocycles. The Balaban J connectivity index is 1.96. The van der Waals surface area contributed by atoms with Crippen molar-refractivity contribution in [3.05, 3.63) is 71.0 Å². The summed E-state index contributed by atoms with van der Waals surface area (Å²) in [6.07, 6.45) is 0. The zero-order valence-electron chi connectivity index (χ0n) is 12.9. The Labute approximate surface area is 126 Å². The Hall–Kier alpha value is -1.71. The Morgan fingerprint density at radius 2 is 1.76 bits per heavy atom. The number of hydrogen-bond acceptors (Lipinski definition) is 2. The highest BCUT2D eigenvalue weighted by Crippen LogP contribution is 2.15. The molecule has 0 amide bonds. The molecule has 21 heavy (non-hydrogen) atoms. The molecule has 2 aromatic rings. The van der Waals surface area contributed by atoms with E-state index in [0.29, 0.717) is 0 Å². The smallest absolute Gasteiger partial charge is 0.123 e. The summed E-state index contributed by atoms with van der Waals surface area (Å²) >= 11 is 0. The predicted octanol–water partition coefficient (Wildman–Crippen LogP) is 3.74. The first-order valence-electron chi connectivity index (χ1n) is 7.26. The Kier molecular flexibility index (Phi) is 5.48. The fraction of sp³-hybridized carbons (Fsp3) is 0.333. The monoisotopic (exact) mass is 286 g/mol. The van der Waals surface area contributed by atoms with Gasteiger partial charge in [0, 0.05) is 19.1 Å². The molecule has 0 heterocycles. The van der Waals surface area contributed by atoms with Crippen LogP contribution in [-0.4, -0.2) is 19.0 Å². The second-order valence-corrected chi connectivity index (χ2v) is 5.72. The topological polar surface area (TPSA) is 15.3 Å². The summed E-state index contributed by atoms with van der Waals surface area (Å²) < 4.78 is 13.2. The maximum absolute atomic E-state index is 13.2. The second-order valence-electron chi connectivity index (χ2n) is 5.72. The van der Waals surface area contributed by atoms with Crippen molar-refractivity contribution in [3.63, 3.8) is 0 Å². The summed E-state index contributed by atoms with van der Waals surface area (Å²) in [5.41, 5.74) is 3.52. The van der Waals surface area contributed by atoms with E-state index < -0.39 is 0 Å². The third-order valence-electron chi connectivity index (χ3n) is 3.45. The van der Waals surface area contributed by atoms with Crippen LogP contribution in [-0.2, 0) is 13.1 Å². The number of benzene rings is 2. The molecule has 0 aliphatic rings. The molecule has 2 aromatic carbocycles. The van der Waals surface area contributed by atoms with Crippen molar-refractivity contribution >= 4 is 0 Å². The van der Waals surface area contributed by atoms with Gasteiger partial charge in [-0.2, -0.15) is 0 Å². The molecule has 2 nitrogen and oxygen atoms in total. The van der Waals surface area contributed by atoms with E-state index in [1.165, 1.54) is 17.2 Å². The van der Waals surface area contributed by atoms with Crippen molar-refractivity contribution < 1.29 is 4.39 Å². The number of nitrogens with zero attached hydrogens (tertiary/aromatic N) is 1. The van der Waals surface area contributed by atoms with Gasteiger partial charge < -0.3 is 10.2 Å². The van der Waals surface area contributed by atoms with E-state index in [9.17, 15) is 4.39 Å². The lowest BCUT2D eigenvalue weighted by Crippen LogP contribution is -2.18. The van der Waals surface area contributed by atoms with Gasteiger partial charge >= 0.3 is 0 Å². The van der Waals surface area contributed by atoms with E-state index in [1.54, 1.807) is 12.1 Å². The van der Waals surface area contributed by atoms with Crippen molar-refractivity contribution in [1.29, 1.82) is 0 Å². The molecule has 1 atom stereocenters. The van der Waals surface area contributed by atoms with Crippen LogP contribution < -0.4 is 5.32 Å². The summed E-state index contributed by atoms with van der Waals surface area (Å²) in [5.74, 6) is -0.186. The van der Waals surface area contributed by atoms with Gasteiger partial charge in [-0.25, -0.2) is 4.39 Å². The van der Waals surface area contributed by atoms with Crippen LogP contribution in [0.2, 0.25) is 0 Å². The minimum atomic E-state index is -0.186. The molecule has 0 bridgehead atoms. The van der Waals surface area contributed by atoms with E-state index in [-0.39, 0.29) is 11.9 Å². The van der Waals surface area contributed by atoms with Gasteiger partial charge in [0.1, 0.15) is 5.82 Å². The van der Waals surface area contributed by atoms with Crippen molar-refractivity contribution in [2.75, 3.05) is 14.1 Å². The van der Waals surface area contributed by atoms with Crippen LogP contribution in [0.15, 0.2) is 48.5 Å². The van der Waals surface area contributed by atoms with Crippen LogP contribution in [0.1, 0.15) is 29.7 Å². The van der Waals surface area contributed by atoms with Gasteiger partial charge in [-0.3, -0.25) is 0 Å². The highest BCUT2D eigenvalue weighted by molar-refractivity contribution is 5.24. The molecule has 0 aliphatic carbocycles. The van der Waals surface area contributed by atoms with Gasteiger partial charge in [-0.1, -0.05) is 36.4 Å². The number of rotatable bonds is 6. The molecule has 2 rings (SSSR count). The molecule has 3 heteroatoms. The zero-order chi connectivity index (χ0) is 15.2. The average molecular weight is 286 g/mol. The Bertz CT molecular complexity index is 581. The minimum Gasteiger partial charge on any atom is -0.306 e. The molecule has 1 N–H and O–H groups in total. The first kappa shape index (κ1) is 15.7. The fourth-order valence-corrected chi connectivity index (χ4v) is 2.37. The van der Waals surface area contributed by atoms with Crippen molar-refractivity contribution in [1.82, 2.24) is 10.2 Å². The zero-order valence-corrected chi connectivity index (χ0v) is 12.9. The summed E-state index contributed by atoms with van der Waals surface area (Å²) in [7, 11) is 4.13. The molecule has 0 radical (unpaired) electrons. The Morgan fingerprint density at radius 1 is 1.05 bits per heavy atom. The second kappa shape index (κ2) is 7.34. The maximum Gasteiger partial charge on any atom is 0.123 e. The van der Waals surface area contributed by atoms with Crippen LogP contribution >= 0.6 is 0 Å².